The highest BCUT2D eigenvalue weighted by Crippen LogP contribution is 2.43. The van der Waals surface area contributed by atoms with Crippen LogP contribution in [0.3, 0.4) is 0 Å². The molecular weight excluding hydrogens is 600 g/mol. The Balaban J connectivity index is 1.34. The third-order valence-electron chi connectivity index (χ3n) is 7.47. The van der Waals surface area contributed by atoms with Crippen molar-refractivity contribution in [3.05, 3.63) is 94.3 Å². The van der Waals surface area contributed by atoms with Gasteiger partial charge in [-0.2, -0.15) is 31.4 Å². The maximum absolute atomic E-state index is 13.7. The Kier molecular flexibility index (Phi) is 8.42. The van der Waals surface area contributed by atoms with Crippen LogP contribution in [-0.4, -0.2) is 32.0 Å². The first-order valence-electron chi connectivity index (χ1n) is 13.3. The lowest BCUT2D eigenvalue weighted by Gasteiger charge is -2.30. The first-order chi connectivity index (χ1) is 20.3. The molecule has 0 bridgehead atoms. The van der Waals surface area contributed by atoms with Crippen LogP contribution >= 0.6 is 11.6 Å². The Bertz CT molecular complexity index is 1610. The SMILES string of the molecule is O=C(O)c1cnn(-c2cccc(-c3cc(Cl)ccc3OCc3ccc([C@H]4CC[C@@H](C(F)(F)F)CC4)cc3)n2)c1C(F)(F)F. The average Bonchev–Trinajstić information content (AvgIpc) is 3.43. The first kappa shape index (κ1) is 30.4. The van der Waals surface area contributed by atoms with Gasteiger partial charge in [-0.05, 0) is 73.1 Å². The zero-order valence-electron chi connectivity index (χ0n) is 22.3. The molecular formula is C30H24ClF6N3O3. The van der Waals surface area contributed by atoms with Gasteiger partial charge in [-0.25, -0.2) is 14.5 Å². The predicted octanol–water partition coefficient (Wildman–Crippen LogP) is 8.72. The van der Waals surface area contributed by atoms with Gasteiger partial charge in [0, 0.05) is 10.6 Å². The summed E-state index contributed by atoms with van der Waals surface area (Å²) in [5.74, 6) is -2.88. The number of benzene rings is 2. The van der Waals surface area contributed by atoms with Crippen LogP contribution in [0.1, 0.15) is 58.8 Å². The van der Waals surface area contributed by atoms with Crippen molar-refractivity contribution in [3.63, 3.8) is 0 Å². The van der Waals surface area contributed by atoms with Crippen molar-refractivity contribution in [2.24, 2.45) is 5.92 Å². The van der Waals surface area contributed by atoms with Gasteiger partial charge in [0.15, 0.2) is 11.5 Å². The standard InChI is InChI=1S/C30H24ClF6N3O3/c31-21-12-13-25(43-16-17-4-6-18(7-5-17)19-8-10-20(11-9-19)29(32,33)34)22(14-21)24-2-1-3-26(39-24)40-27(30(35,36)37)23(15-38-40)28(41)42/h1-7,12-15,19-20H,8-11,16H2,(H,41,42)/t19-,20+. The molecule has 2 aromatic heterocycles. The molecule has 0 radical (unpaired) electrons. The van der Waals surface area contributed by atoms with Gasteiger partial charge >= 0.3 is 18.3 Å². The van der Waals surface area contributed by atoms with Gasteiger partial charge < -0.3 is 9.84 Å². The van der Waals surface area contributed by atoms with Gasteiger partial charge in [-0.3, -0.25) is 0 Å². The zero-order valence-corrected chi connectivity index (χ0v) is 23.0. The molecule has 13 heteroatoms. The number of carboxylic acid groups (broad SMARTS) is 1. The number of carboxylic acids is 1. The summed E-state index contributed by atoms with van der Waals surface area (Å²) in [6.07, 6.45) is -7.37. The van der Waals surface area contributed by atoms with Crippen LogP contribution in [0.5, 0.6) is 5.75 Å². The molecule has 6 nitrogen and oxygen atoms in total. The third-order valence-corrected chi connectivity index (χ3v) is 7.71. The average molecular weight is 624 g/mol. The molecule has 1 N–H and O–H groups in total. The number of aromatic carboxylic acids is 1. The molecule has 226 valence electrons. The monoisotopic (exact) mass is 623 g/mol. The molecule has 1 aliphatic rings. The minimum absolute atomic E-state index is 0.0639. The zero-order chi connectivity index (χ0) is 30.9. The van der Waals surface area contributed by atoms with Crippen molar-refractivity contribution in [2.45, 2.75) is 50.6 Å². The number of pyridine rings is 1. The molecule has 4 aromatic rings. The van der Waals surface area contributed by atoms with Gasteiger partial charge in [0.25, 0.3) is 0 Å². The molecule has 0 unspecified atom stereocenters. The van der Waals surface area contributed by atoms with Crippen molar-refractivity contribution in [1.29, 1.82) is 0 Å². The molecule has 43 heavy (non-hydrogen) atoms. The van der Waals surface area contributed by atoms with Crippen molar-refractivity contribution in [1.82, 2.24) is 14.8 Å². The second kappa shape index (κ2) is 11.9. The molecule has 0 aliphatic heterocycles. The van der Waals surface area contributed by atoms with Crippen LogP contribution in [0.15, 0.2) is 66.9 Å². The molecule has 0 atom stereocenters. The lowest BCUT2D eigenvalue weighted by Crippen LogP contribution is -2.27. The van der Waals surface area contributed by atoms with Crippen LogP contribution in [0.4, 0.5) is 26.3 Å². The van der Waals surface area contributed by atoms with E-state index in [0.717, 1.165) is 11.1 Å². The molecule has 2 aromatic carbocycles. The highest BCUT2D eigenvalue weighted by Gasteiger charge is 2.42. The Hall–Kier alpha value is -4.06. The van der Waals surface area contributed by atoms with E-state index in [1.165, 1.54) is 12.1 Å². The summed E-state index contributed by atoms with van der Waals surface area (Å²) in [5, 5.41) is 13.2. The Morgan fingerprint density at radius 1 is 0.977 bits per heavy atom. The summed E-state index contributed by atoms with van der Waals surface area (Å²) < 4.78 is 86.7. The Morgan fingerprint density at radius 3 is 2.30 bits per heavy atom. The number of carbonyl (C=O) groups is 1. The minimum Gasteiger partial charge on any atom is -0.488 e. The van der Waals surface area contributed by atoms with Crippen LogP contribution in [0.25, 0.3) is 17.1 Å². The number of rotatable bonds is 7. The second-order valence-corrected chi connectivity index (χ2v) is 10.7. The van der Waals surface area contributed by atoms with E-state index in [0.29, 0.717) is 40.1 Å². The molecule has 0 amide bonds. The summed E-state index contributed by atoms with van der Waals surface area (Å²) in [6, 6.07) is 16.4. The van der Waals surface area contributed by atoms with Gasteiger partial charge in [0.05, 0.1) is 17.8 Å². The molecule has 2 heterocycles. The molecule has 0 spiro atoms. The summed E-state index contributed by atoms with van der Waals surface area (Å²) in [4.78, 5) is 15.7. The highest BCUT2D eigenvalue weighted by molar-refractivity contribution is 6.31. The topological polar surface area (TPSA) is 77.2 Å². The largest absolute Gasteiger partial charge is 0.488 e. The van der Waals surface area contributed by atoms with Crippen LogP contribution in [0, 0.1) is 5.92 Å². The van der Waals surface area contributed by atoms with Crippen LogP contribution in [-0.2, 0) is 12.8 Å². The Labute approximate surface area is 246 Å². The molecule has 1 saturated carbocycles. The van der Waals surface area contributed by atoms with Crippen molar-refractivity contribution in [2.75, 3.05) is 0 Å². The van der Waals surface area contributed by atoms with E-state index in [4.69, 9.17) is 16.3 Å². The predicted molar refractivity (Wildman–Crippen MR) is 145 cm³/mol. The maximum Gasteiger partial charge on any atom is 0.434 e. The number of ether oxygens (including phenoxy) is 1. The van der Waals surface area contributed by atoms with E-state index in [1.807, 2.05) is 24.3 Å². The third kappa shape index (κ3) is 6.79. The number of alkyl halides is 6. The molecule has 1 aliphatic carbocycles. The fourth-order valence-electron chi connectivity index (χ4n) is 5.27. The second-order valence-electron chi connectivity index (χ2n) is 10.3. The minimum atomic E-state index is -5.01. The lowest BCUT2D eigenvalue weighted by atomic mass is 9.78. The van der Waals surface area contributed by atoms with Gasteiger partial charge in [0.1, 0.15) is 17.9 Å². The van der Waals surface area contributed by atoms with Crippen molar-refractivity contribution in [3.8, 4) is 22.8 Å². The van der Waals surface area contributed by atoms with E-state index in [2.05, 4.69) is 10.1 Å². The highest BCUT2D eigenvalue weighted by atomic mass is 35.5. The quantitative estimate of drug-likeness (QED) is 0.208. The van der Waals surface area contributed by atoms with E-state index in [9.17, 15) is 36.2 Å². The van der Waals surface area contributed by atoms with Gasteiger partial charge in [-0.15, -0.1) is 0 Å². The van der Waals surface area contributed by atoms with E-state index in [-0.39, 0.29) is 36.9 Å². The van der Waals surface area contributed by atoms with Gasteiger partial charge in [0.2, 0.25) is 0 Å². The number of halogens is 7. The number of nitrogens with zero attached hydrogens (tertiary/aromatic N) is 3. The summed E-state index contributed by atoms with van der Waals surface area (Å²) in [6.45, 7) is 0.120. The molecule has 1 fully saturated rings. The summed E-state index contributed by atoms with van der Waals surface area (Å²) in [7, 11) is 0. The number of hydrogen-bond donors (Lipinski definition) is 1. The smallest absolute Gasteiger partial charge is 0.434 e. The summed E-state index contributed by atoms with van der Waals surface area (Å²) >= 11 is 6.21. The number of hydrogen-bond acceptors (Lipinski definition) is 4. The van der Waals surface area contributed by atoms with Crippen LogP contribution < -0.4 is 4.74 Å². The fraction of sp³-hybridized carbons (Fsp3) is 0.300. The van der Waals surface area contributed by atoms with E-state index in [1.54, 1.807) is 24.3 Å². The van der Waals surface area contributed by atoms with E-state index < -0.39 is 35.5 Å². The number of aromatic nitrogens is 3. The molecule has 0 saturated heterocycles. The van der Waals surface area contributed by atoms with Crippen molar-refractivity contribution >= 4 is 17.6 Å². The lowest BCUT2D eigenvalue weighted by molar-refractivity contribution is -0.182. The fourth-order valence-corrected chi connectivity index (χ4v) is 5.44. The first-order valence-corrected chi connectivity index (χ1v) is 13.6. The normalized spacial score (nSPS) is 17.6. The molecule has 5 rings (SSSR count). The van der Waals surface area contributed by atoms with Crippen LogP contribution in [0.2, 0.25) is 5.02 Å². The van der Waals surface area contributed by atoms with Crippen molar-refractivity contribution < 1.29 is 41.0 Å². The Morgan fingerprint density at radius 2 is 1.67 bits per heavy atom. The van der Waals surface area contributed by atoms with E-state index >= 15 is 0 Å². The summed E-state index contributed by atoms with van der Waals surface area (Å²) in [5.41, 5.74) is -0.120. The van der Waals surface area contributed by atoms with Gasteiger partial charge in [-0.1, -0.05) is 41.9 Å². The maximum atomic E-state index is 13.7.